The largest absolute Gasteiger partial charge is 0.370 e. The molecule has 1 heterocycles. The first kappa shape index (κ1) is 14.3. The van der Waals surface area contributed by atoms with Gasteiger partial charge < -0.3 is 5.32 Å². The summed E-state index contributed by atoms with van der Waals surface area (Å²) < 4.78 is 14.3. The van der Waals surface area contributed by atoms with Crippen molar-refractivity contribution in [3.8, 4) is 0 Å². The van der Waals surface area contributed by atoms with Gasteiger partial charge in [0.1, 0.15) is 11.6 Å². The molecule has 0 bridgehead atoms. The van der Waals surface area contributed by atoms with Crippen molar-refractivity contribution in [1.29, 1.82) is 0 Å². The van der Waals surface area contributed by atoms with E-state index in [1.165, 1.54) is 6.07 Å². The van der Waals surface area contributed by atoms with Crippen molar-refractivity contribution in [2.75, 3.05) is 11.9 Å². The zero-order chi connectivity index (χ0) is 14.0. The van der Waals surface area contributed by atoms with Crippen LogP contribution in [0, 0.1) is 12.7 Å². The Hall–Kier alpha value is -1.16. The fourth-order valence-electron chi connectivity index (χ4n) is 2.14. The highest BCUT2D eigenvalue weighted by Crippen LogP contribution is 2.31. The summed E-state index contributed by atoms with van der Waals surface area (Å²) in [6, 6.07) is 3.55. The van der Waals surface area contributed by atoms with Gasteiger partial charge in [-0.1, -0.05) is 13.8 Å². The average molecular weight is 325 g/mol. The summed E-state index contributed by atoms with van der Waals surface area (Å²) in [5, 5.41) is 4.19. The quantitative estimate of drug-likeness (QED) is 0.871. The smallest absolute Gasteiger partial charge is 0.138 e. The molecule has 0 spiro atoms. The maximum Gasteiger partial charge on any atom is 0.138 e. The van der Waals surface area contributed by atoms with Gasteiger partial charge >= 0.3 is 0 Å². The highest BCUT2D eigenvalue weighted by Gasteiger charge is 2.12. The number of anilines is 1. The molecule has 19 heavy (non-hydrogen) atoms. The summed E-state index contributed by atoms with van der Waals surface area (Å²) in [7, 11) is 0. The molecule has 102 valence electrons. The van der Waals surface area contributed by atoms with Crippen LogP contribution in [0.15, 0.2) is 16.6 Å². The molecule has 2 nitrogen and oxygen atoms in total. The van der Waals surface area contributed by atoms with Gasteiger partial charge in [-0.25, -0.2) is 9.37 Å². The second-order valence-corrected chi connectivity index (χ2v) is 5.45. The molecule has 0 radical (unpaired) electrons. The predicted molar refractivity (Wildman–Crippen MR) is 82.3 cm³/mol. The monoisotopic (exact) mass is 324 g/mol. The molecule has 0 aliphatic carbocycles. The van der Waals surface area contributed by atoms with Gasteiger partial charge in [-0.3, -0.25) is 0 Å². The number of hydrogen-bond acceptors (Lipinski definition) is 2. The molecule has 1 N–H and O–H groups in total. The van der Waals surface area contributed by atoms with E-state index in [1.54, 1.807) is 0 Å². The van der Waals surface area contributed by atoms with Crippen molar-refractivity contribution in [3.63, 3.8) is 0 Å². The van der Waals surface area contributed by atoms with Crippen molar-refractivity contribution in [1.82, 2.24) is 4.98 Å². The van der Waals surface area contributed by atoms with Crippen LogP contribution in [-0.4, -0.2) is 11.5 Å². The van der Waals surface area contributed by atoms with E-state index in [0.717, 1.165) is 47.2 Å². The van der Waals surface area contributed by atoms with E-state index in [2.05, 4.69) is 40.1 Å². The maximum absolute atomic E-state index is 13.8. The van der Waals surface area contributed by atoms with Gasteiger partial charge in [-0.2, -0.15) is 0 Å². The van der Waals surface area contributed by atoms with Crippen molar-refractivity contribution >= 4 is 32.7 Å². The van der Waals surface area contributed by atoms with Crippen LogP contribution in [-0.2, 0) is 6.42 Å². The van der Waals surface area contributed by atoms with Crippen molar-refractivity contribution in [3.05, 3.63) is 33.5 Å². The zero-order valence-electron chi connectivity index (χ0n) is 11.5. The molecular formula is C15H18BrFN2. The highest BCUT2D eigenvalue weighted by atomic mass is 79.9. The minimum Gasteiger partial charge on any atom is -0.370 e. The van der Waals surface area contributed by atoms with Gasteiger partial charge in [0.15, 0.2) is 0 Å². The first-order valence-corrected chi connectivity index (χ1v) is 7.39. The number of nitrogens with zero attached hydrogens (tertiary/aromatic N) is 1. The maximum atomic E-state index is 13.8. The van der Waals surface area contributed by atoms with Gasteiger partial charge in [-0.15, -0.1) is 0 Å². The van der Waals surface area contributed by atoms with Crippen LogP contribution in [0.1, 0.15) is 31.4 Å². The summed E-state index contributed by atoms with van der Waals surface area (Å²) in [5.41, 5.74) is 2.83. The predicted octanol–water partition coefficient (Wildman–Crippen LogP) is 4.83. The number of halogens is 2. The van der Waals surface area contributed by atoms with E-state index in [9.17, 15) is 4.39 Å². The normalized spacial score (nSPS) is 11.0. The molecule has 1 aromatic carbocycles. The molecule has 0 fully saturated rings. The average Bonchev–Trinajstić information content (AvgIpc) is 2.41. The minimum atomic E-state index is -0.233. The third-order valence-electron chi connectivity index (χ3n) is 3.19. The highest BCUT2D eigenvalue weighted by molar-refractivity contribution is 9.10. The molecule has 4 heteroatoms. The Balaban J connectivity index is 2.66. The van der Waals surface area contributed by atoms with E-state index in [0.29, 0.717) is 4.47 Å². The van der Waals surface area contributed by atoms with Crippen LogP contribution in [0.25, 0.3) is 10.9 Å². The SMILES string of the molecule is CCCNc1nc2c(C)cc(F)c(Br)c2cc1CC. The Morgan fingerprint density at radius 2 is 2.05 bits per heavy atom. The van der Waals surface area contributed by atoms with Crippen LogP contribution < -0.4 is 5.32 Å². The third-order valence-corrected chi connectivity index (χ3v) is 3.99. The molecule has 0 atom stereocenters. The summed E-state index contributed by atoms with van der Waals surface area (Å²) in [5.74, 6) is 0.682. The number of benzene rings is 1. The van der Waals surface area contributed by atoms with Crippen molar-refractivity contribution < 1.29 is 4.39 Å². The first-order chi connectivity index (χ1) is 9.08. The fourth-order valence-corrected chi connectivity index (χ4v) is 2.56. The lowest BCUT2D eigenvalue weighted by molar-refractivity contribution is 0.622. The van der Waals surface area contributed by atoms with Gasteiger partial charge in [-0.05, 0) is 59.0 Å². The Morgan fingerprint density at radius 3 is 2.68 bits per heavy atom. The van der Waals surface area contributed by atoms with E-state index < -0.39 is 0 Å². The zero-order valence-corrected chi connectivity index (χ0v) is 13.1. The molecule has 0 unspecified atom stereocenters. The number of aryl methyl sites for hydroxylation is 2. The number of aromatic nitrogens is 1. The van der Waals surface area contributed by atoms with E-state index in [4.69, 9.17) is 0 Å². The molecule has 0 aliphatic heterocycles. The molecular weight excluding hydrogens is 307 g/mol. The number of hydrogen-bond donors (Lipinski definition) is 1. The summed E-state index contributed by atoms with van der Waals surface area (Å²) in [6.07, 6.45) is 1.92. The van der Waals surface area contributed by atoms with Crippen LogP contribution in [0.2, 0.25) is 0 Å². The molecule has 0 aliphatic rings. The Labute approximate surface area is 121 Å². The lowest BCUT2D eigenvalue weighted by atomic mass is 10.1. The molecule has 0 saturated carbocycles. The van der Waals surface area contributed by atoms with Crippen molar-refractivity contribution in [2.45, 2.75) is 33.6 Å². The Kier molecular flexibility index (Phi) is 4.40. The van der Waals surface area contributed by atoms with E-state index in [-0.39, 0.29) is 5.82 Å². The van der Waals surface area contributed by atoms with Crippen LogP contribution in [0.4, 0.5) is 10.2 Å². The topological polar surface area (TPSA) is 24.9 Å². The van der Waals surface area contributed by atoms with Gasteiger partial charge in [0.2, 0.25) is 0 Å². The summed E-state index contributed by atoms with van der Waals surface area (Å²) in [4.78, 5) is 4.68. The van der Waals surface area contributed by atoms with Crippen LogP contribution in [0.3, 0.4) is 0 Å². The summed E-state index contributed by atoms with van der Waals surface area (Å²) in [6.45, 7) is 6.99. The second-order valence-electron chi connectivity index (χ2n) is 4.66. The molecule has 2 rings (SSSR count). The van der Waals surface area contributed by atoms with Crippen molar-refractivity contribution in [2.24, 2.45) is 0 Å². The molecule has 2 aromatic rings. The lowest BCUT2D eigenvalue weighted by Gasteiger charge is -2.13. The minimum absolute atomic E-state index is 0.233. The van der Waals surface area contributed by atoms with Crippen LogP contribution in [0.5, 0.6) is 0 Å². The molecule has 1 aromatic heterocycles. The van der Waals surface area contributed by atoms with E-state index >= 15 is 0 Å². The number of nitrogens with one attached hydrogen (secondary N) is 1. The Morgan fingerprint density at radius 1 is 1.32 bits per heavy atom. The lowest BCUT2D eigenvalue weighted by Crippen LogP contribution is -2.06. The standard InChI is InChI=1S/C15H18BrFN2/c1-4-6-18-15-10(5-2)8-11-13(16)12(17)7-9(3)14(11)19-15/h7-8H,4-6H2,1-3H3,(H,18,19). The first-order valence-electron chi connectivity index (χ1n) is 6.60. The third kappa shape index (κ3) is 2.73. The van der Waals surface area contributed by atoms with Gasteiger partial charge in [0.05, 0.1) is 9.99 Å². The van der Waals surface area contributed by atoms with Crippen LogP contribution >= 0.6 is 15.9 Å². The summed E-state index contributed by atoms with van der Waals surface area (Å²) >= 11 is 3.32. The molecule has 0 saturated heterocycles. The van der Waals surface area contributed by atoms with E-state index in [1.807, 2.05) is 13.0 Å². The van der Waals surface area contributed by atoms with Gasteiger partial charge in [0, 0.05) is 11.9 Å². The number of fused-ring (bicyclic) bond motifs is 1. The Bertz CT molecular complexity index is 611. The van der Waals surface area contributed by atoms with Gasteiger partial charge in [0.25, 0.3) is 0 Å². The second kappa shape index (κ2) is 5.87. The molecule has 0 amide bonds. The number of pyridine rings is 1. The number of rotatable bonds is 4. The fraction of sp³-hybridized carbons (Fsp3) is 0.400.